The third-order valence-corrected chi connectivity index (χ3v) is 2.86. The lowest BCUT2D eigenvalue weighted by molar-refractivity contribution is -0.151. The summed E-state index contributed by atoms with van der Waals surface area (Å²) in [6.07, 6.45) is 1.33. The second-order valence-corrected chi connectivity index (χ2v) is 4.23. The van der Waals surface area contributed by atoms with Gasteiger partial charge in [0.15, 0.2) is 0 Å². The van der Waals surface area contributed by atoms with Crippen LogP contribution < -0.4 is 5.32 Å². The summed E-state index contributed by atoms with van der Waals surface area (Å²) in [6, 6.07) is -0.537. The van der Waals surface area contributed by atoms with Crippen molar-refractivity contribution in [2.75, 3.05) is 0 Å². The maximum Gasteiger partial charge on any atom is 0.246 e. The number of rotatable bonds is 3. The molecule has 4 nitrogen and oxygen atoms in total. The lowest BCUT2D eigenvalue weighted by Gasteiger charge is -2.40. The van der Waals surface area contributed by atoms with Gasteiger partial charge in [-0.2, -0.15) is 0 Å². The number of piperazine rings is 1. The van der Waals surface area contributed by atoms with E-state index < -0.39 is 0 Å². The molecule has 0 bridgehead atoms. The number of hydrogen-bond acceptors (Lipinski definition) is 2. The van der Waals surface area contributed by atoms with Crippen molar-refractivity contribution in [1.29, 1.82) is 0 Å². The molecule has 1 fully saturated rings. The minimum absolute atomic E-state index is 0.0161. The van der Waals surface area contributed by atoms with Gasteiger partial charge in [-0.1, -0.05) is 13.8 Å². The van der Waals surface area contributed by atoms with Crippen molar-refractivity contribution in [2.45, 2.75) is 58.7 Å². The van der Waals surface area contributed by atoms with Crippen LogP contribution in [0.2, 0.25) is 0 Å². The van der Waals surface area contributed by atoms with Crippen molar-refractivity contribution in [2.24, 2.45) is 0 Å². The van der Waals surface area contributed by atoms with Gasteiger partial charge in [0.1, 0.15) is 12.1 Å². The molecule has 0 aromatic heterocycles. The predicted molar refractivity (Wildman–Crippen MR) is 58.3 cm³/mol. The summed E-state index contributed by atoms with van der Waals surface area (Å²) in [4.78, 5) is 25.5. The molecule has 0 aliphatic carbocycles. The Labute approximate surface area is 91.0 Å². The summed E-state index contributed by atoms with van der Waals surface area (Å²) in [5, 5.41) is 2.77. The Morgan fingerprint density at radius 1 is 1.27 bits per heavy atom. The average molecular weight is 212 g/mol. The average Bonchev–Trinajstić information content (AvgIpc) is 2.19. The molecule has 0 radical (unpaired) electrons. The molecule has 1 heterocycles. The lowest BCUT2D eigenvalue weighted by atomic mass is 10.0. The Morgan fingerprint density at radius 3 is 2.27 bits per heavy atom. The van der Waals surface area contributed by atoms with Crippen LogP contribution in [0.5, 0.6) is 0 Å². The standard InChI is InChI=1S/C11H20N2O2/c1-5-8-11(15)13(7(3)4)9(6-2)10(14)12-8/h7-9H,5-6H2,1-4H3,(H,12,14). The number of amides is 2. The van der Waals surface area contributed by atoms with Crippen LogP contribution >= 0.6 is 0 Å². The SMILES string of the molecule is CCC1NC(=O)C(CC)N(C(C)C)C1=O. The molecule has 2 atom stereocenters. The van der Waals surface area contributed by atoms with Gasteiger partial charge in [-0.25, -0.2) is 0 Å². The van der Waals surface area contributed by atoms with Gasteiger partial charge in [-0.05, 0) is 26.7 Å². The van der Waals surface area contributed by atoms with Crippen LogP contribution in [0.4, 0.5) is 0 Å². The molecule has 0 saturated carbocycles. The Balaban J connectivity index is 2.93. The largest absolute Gasteiger partial charge is 0.343 e. The molecule has 4 heteroatoms. The van der Waals surface area contributed by atoms with Crippen LogP contribution in [-0.4, -0.2) is 34.8 Å². The van der Waals surface area contributed by atoms with E-state index in [1.165, 1.54) is 0 Å². The molecule has 15 heavy (non-hydrogen) atoms. The highest BCUT2D eigenvalue weighted by atomic mass is 16.2. The topological polar surface area (TPSA) is 49.4 Å². The number of carbonyl (C=O) groups is 2. The van der Waals surface area contributed by atoms with E-state index in [-0.39, 0.29) is 29.9 Å². The van der Waals surface area contributed by atoms with E-state index in [4.69, 9.17) is 0 Å². The van der Waals surface area contributed by atoms with Crippen molar-refractivity contribution in [3.8, 4) is 0 Å². The lowest BCUT2D eigenvalue weighted by Crippen LogP contribution is -2.64. The Hall–Kier alpha value is -1.06. The molecule has 86 valence electrons. The van der Waals surface area contributed by atoms with Crippen molar-refractivity contribution in [3.63, 3.8) is 0 Å². The second-order valence-electron chi connectivity index (χ2n) is 4.23. The Bertz CT molecular complexity index is 263. The summed E-state index contributed by atoms with van der Waals surface area (Å²) < 4.78 is 0. The smallest absolute Gasteiger partial charge is 0.246 e. The summed E-state index contributed by atoms with van der Waals surface area (Å²) in [5.41, 5.74) is 0. The van der Waals surface area contributed by atoms with Gasteiger partial charge in [0.25, 0.3) is 0 Å². The van der Waals surface area contributed by atoms with Crippen molar-refractivity contribution >= 4 is 11.8 Å². The molecule has 2 unspecified atom stereocenters. The number of hydrogen-bond donors (Lipinski definition) is 1. The fraction of sp³-hybridized carbons (Fsp3) is 0.818. The van der Waals surface area contributed by atoms with Crippen LogP contribution in [0.1, 0.15) is 40.5 Å². The highest BCUT2D eigenvalue weighted by molar-refractivity contribution is 5.97. The monoisotopic (exact) mass is 212 g/mol. The minimum Gasteiger partial charge on any atom is -0.343 e. The van der Waals surface area contributed by atoms with Gasteiger partial charge in [-0.3, -0.25) is 9.59 Å². The van der Waals surface area contributed by atoms with E-state index in [0.717, 1.165) is 0 Å². The first-order chi connectivity index (χ1) is 7.02. The van der Waals surface area contributed by atoms with E-state index in [2.05, 4.69) is 5.32 Å². The van der Waals surface area contributed by atoms with Crippen LogP contribution in [0.15, 0.2) is 0 Å². The van der Waals surface area contributed by atoms with Gasteiger partial charge in [0, 0.05) is 6.04 Å². The van der Waals surface area contributed by atoms with Crippen LogP contribution in [0, 0.1) is 0 Å². The molecule has 1 aliphatic rings. The first-order valence-electron chi connectivity index (χ1n) is 5.65. The summed E-state index contributed by atoms with van der Waals surface area (Å²) in [7, 11) is 0. The van der Waals surface area contributed by atoms with Gasteiger partial charge < -0.3 is 10.2 Å². The number of carbonyl (C=O) groups excluding carboxylic acids is 2. The van der Waals surface area contributed by atoms with E-state index in [1.54, 1.807) is 4.90 Å². The zero-order chi connectivity index (χ0) is 11.6. The normalized spacial score (nSPS) is 27.1. The predicted octanol–water partition coefficient (Wildman–Crippen LogP) is 0.910. The number of nitrogens with one attached hydrogen (secondary N) is 1. The molecule has 2 amide bonds. The number of nitrogens with zero attached hydrogens (tertiary/aromatic N) is 1. The third-order valence-electron chi connectivity index (χ3n) is 2.86. The Morgan fingerprint density at radius 2 is 1.87 bits per heavy atom. The van der Waals surface area contributed by atoms with E-state index in [1.807, 2.05) is 27.7 Å². The maximum absolute atomic E-state index is 12.0. The molecular formula is C11H20N2O2. The van der Waals surface area contributed by atoms with Gasteiger partial charge in [-0.15, -0.1) is 0 Å². The molecule has 1 aliphatic heterocycles. The summed E-state index contributed by atoms with van der Waals surface area (Å²) in [6.45, 7) is 7.74. The van der Waals surface area contributed by atoms with Crippen LogP contribution in [0.25, 0.3) is 0 Å². The third kappa shape index (κ3) is 2.13. The van der Waals surface area contributed by atoms with Crippen molar-refractivity contribution < 1.29 is 9.59 Å². The maximum atomic E-state index is 12.0. The van der Waals surface area contributed by atoms with E-state index in [0.29, 0.717) is 12.8 Å². The zero-order valence-corrected chi connectivity index (χ0v) is 9.91. The first-order valence-corrected chi connectivity index (χ1v) is 5.65. The van der Waals surface area contributed by atoms with Crippen molar-refractivity contribution in [3.05, 3.63) is 0 Å². The molecule has 1 saturated heterocycles. The molecule has 1 N–H and O–H groups in total. The molecule has 1 rings (SSSR count). The highest BCUT2D eigenvalue weighted by Gasteiger charge is 2.39. The van der Waals surface area contributed by atoms with Gasteiger partial charge in [0.2, 0.25) is 11.8 Å². The van der Waals surface area contributed by atoms with Crippen LogP contribution in [-0.2, 0) is 9.59 Å². The minimum atomic E-state index is -0.331. The Kier molecular flexibility index (Phi) is 3.72. The summed E-state index contributed by atoms with van der Waals surface area (Å²) in [5.74, 6) is 0.0385. The molecule has 0 aromatic rings. The van der Waals surface area contributed by atoms with Gasteiger partial charge >= 0.3 is 0 Å². The molecule has 0 aromatic carbocycles. The fourth-order valence-corrected chi connectivity index (χ4v) is 2.06. The molecular weight excluding hydrogens is 192 g/mol. The fourth-order valence-electron chi connectivity index (χ4n) is 2.06. The van der Waals surface area contributed by atoms with E-state index >= 15 is 0 Å². The van der Waals surface area contributed by atoms with Crippen LogP contribution in [0.3, 0.4) is 0 Å². The zero-order valence-electron chi connectivity index (χ0n) is 9.91. The quantitative estimate of drug-likeness (QED) is 0.756. The van der Waals surface area contributed by atoms with Gasteiger partial charge in [0.05, 0.1) is 0 Å². The van der Waals surface area contributed by atoms with Crippen molar-refractivity contribution in [1.82, 2.24) is 10.2 Å². The second kappa shape index (κ2) is 4.64. The van der Waals surface area contributed by atoms with E-state index in [9.17, 15) is 9.59 Å². The highest BCUT2D eigenvalue weighted by Crippen LogP contribution is 2.17. The first kappa shape index (κ1) is 12.0. The summed E-state index contributed by atoms with van der Waals surface area (Å²) >= 11 is 0. The molecule has 0 spiro atoms.